The molecule has 1 aliphatic rings. The van der Waals surface area contributed by atoms with Crippen molar-refractivity contribution in [1.29, 1.82) is 0 Å². The van der Waals surface area contributed by atoms with Crippen molar-refractivity contribution in [3.05, 3.63) is 70.9 Å². The minimum Gasteiger partial charge on any atom is -0.459 e. The molecule has 3 aromatic rings. The van der Waals surface area contributed by atoms with E-state index in [1.165, 1.54) is 4.68 Å². The Morgan fingerprint density at radius 3 is 2.65 bits per heavy atom. The SMILES string of the molecule is O=C(Cn1nc(-c2cccnc2)n(C2CC2)c1=O)OCc1ccccc1. The number of esters is 1. The van der Waals surface area contributed by atoms with Crippen LogP contribution in [0.15, 0.2) is 59.7 Å². The summed E-state index contributed by atoms with van der Waals surface area (Å²) in [6, 6.07) is 13.2. The lowest BCUT2D eigenvalue weighted by Gasteiger charge is -2.04. The third-order valence-electron chi connectivity index (χ3n) is 4.22. The van der Waals surface area contributed by atoms with Gasteiger partial charge in [-0.1, -0.05) is 30.3 Å². The smallest absolute Gasteiger partial charge is 0.347 e. The minimum absolute atomic E-state index is 0.145. The Kier molecular flexibility index (Phi) is 4.35. The molecule has 7 heteroatoms. The molecule has 0 N–H and O–H groups in total. The monoisotopic (exact) mass is 350 g/mol. The van der Waals surface area contributed by atoms with Crippen LogP contribution in [0.2, 0.25) is 0 Å². The lowest BCUT2D eigenvalue weighted by atomic mass is 10.2. The first-order chi connectivity index (χ1) is 12.7. The largest absolute Gasteiger partial charge is 0.459 e. The Balaban J connectivity index is 1.53. The predicted molar refractivity (Wildman–Crippen MR) is 94.2 cm³/mol. The maximum absolute atomic E-state index is 12.7. The molecular formula is C19H18N4O3. The number of benzene rings is 1. The topological polar surface area (TPSA) is 79.0 Å². The zero-order valence-electron chi connectivity index (χ0n) is 14.1. The number of carbonyl (C=O) groups excluding carboxylic acids is 1. The van der Waals surface area contributed by atoms with Crippen molar-refractivity contribution in [1.82, 2.24) is 19.3 Å². The molecule has 0 atom stereocenters. The molecule has 1 saturated carbocycles. The Hall–Kier alpha value is -3.22. The third kappa shape index (κ3) is 3.42. The van der Waals surface area contributed by atoms with Gasteiger partial charge in [0.05, 0.1) is 0 Å². The number of pyridine rings is 1. The molecule has 0 unspecified atom stereocenters. The summed E-state index contributed by atoms with van der Waals surface area (Å²) in [4.78, 5) is 28.9. The number of ether oxygens (including phenoxy) is 1. The number of hydrogen-bond donors (Lipinski definition) is 0. The van der Waals surface area contributed by atoms with Crippen LogP contribution in [0.25, 0.3) is 11.4 Å². The molecule has 132 valence electrons. The van der Waals surface area contributed by atoms with Crippen LogP contribution in [0.1, 0.15) is 24.4 Å². The van der Waals surface area contributed by atoms with E-state index in [4.69, 9.17) is 4.74 Å². The fourth-order valence-corrected chi connectivity index (χ4v) is 2.78. The van der Waals surface area contributed by atoms with Crippen molar-refractivity contribution in [3.63, 3.8) is 0 Å². The first-order valence-electron chi connectivity index (χ1n) is 8.51. The van der Waals surface area contributed by atoms with Crippen LogP contribution in [0.4, 0.5) is 0 Å². The molecule has 0 aliphatic heterocycles. The number of rotatable bonds is 6. The van der Waals surface area contributed by atoms with Crippen molar-refractivity contribution in [2.75, 3.05) is 0 Å². The van der Waals surface area contributed by atoms with Gasteiger partial charge in [0.2, 0.25) is 0 Å². The summed E-state index contributed by atoms with van der Waals surface area (Å²) in [5.74, 6) is 0.0515. The molecule has 1 fully saturated rings. The zero-order valence-corrected chi connectivity index (χ0v) is 14.1. The van der Waals surface area contributed by atoms with E-state index < -0.39 is 5.97 Å². The fraction of sp³-hybridized carbons (Fsp3) is 0.263. The van der Waals surface area contributed by atoms with Crippen molar-refractivity contribution < 1.29 is 9.53 Å². The number of nitrogens with zero attached hydrogens (tertiary/aromatic N) is 4. The van der Waals surface area contributed by atoms with Crippen molar-refractivity contribution >= 4 is 5.97 Å². The van der Waals surface area contributed by atoms with Gasteiger partial charge in [-0.25, -0.2) is 9.48 Å². The van der Waals surface area contributed by atoms with Crippen LogP contribution in [0, 0.1) is 0 Å². The van der Waals surface area contributed by atoms with E-state index in [0.29, 0.717) is 5.82 Å². The summed E-state index contributed by atoms with van der Waals surface area (Å²) < 4.78 is 8.09. The zero-order chi connectivity index (χ0) is 17.9. The van der Waals surface area contributed by atoms with Gasteiger partial charge in [-0.3, -0.25) is 14.3 Å². The van der Waals surface area contributed by atoms with Crippen LogP contribution in [-0.2, 0) is 22.7 Å². The number of carbonyl (C=O) groups is 1. The van der Waals surface area contributed by atoms with Gasteiger partial charge < -0.3 is 4.74 Å². The molecule has 0 amide bonds. The second-order valence-electron chi connectivity index (χ2n) is 6.25. The van der Waals surface area contributed by atoms with Gasteiger partial charge in [-0.15, -0.1) is 5.10 Å². The molecule has 7 nitrogen and oxygen atoms in total. The molecular weight excluding hydrogens is 332 g/mol. The van der Waals surface area contributed by atoms with E-state index in [1.807, 2.05) is 36.4 Å². The van der Waals surface area contributed by atoms with Gasteiger partial charge in [-0.2, -0.15) is 0 Å². The van der Waals surface area contributed by atoms with E-state index in [2.05, 4.69) is 10.1 Å². The Bertz CT molecular complexity index is 959. The van der Waals surface area contributed by atoms with E-state index in [9.17, 15) is 9.59 Å². The van der Waals surface area contributed by atoms with E-state index in [0.717, 1.165) is 24.0 Å². The Morgan fingerprint density at radius 2 is 1.96 bits per heavy atom. The van der Waals surface area contributed by atoms with E-state index >= 15 is 0 Å². The van der Waals surface area contributed by atoms with Gasteiger partial charge in [0.1, 0.15) is 13.2 Å². The molecule has 1 aliphatic carbocycles. The van der Waals surface area contributed by atoms with Crippen molar-refractivity contribution in [2.24, 2.45) is 0 Å². The molecule has 4 rings (SSSR count). The number of hydrogen-bond acceptors (Lipinski definition) is 5. The van der Waals surface area contributed by atoms with E-state index in [1.54, 1.807) is 23.0 Å². The molecule has 0 saturated heterocycles. The van der Waals surface area contributed by atoms with Gasteiger partial charge in [0, 0.05) is 24.0 Å². The average molecular weight is 350 g/mol. The van der Waals surface area contributed by atoms with Gasteiger partial charge in [-0.05, 0) is 30.5 Å². The molecule has 0 spiro atoms. The summed E-state index contributed by atoms with van der Waals surface area (Å²) in [6.45, 7) is -0.0358. The summed E-state index contributed by atoms with van der Waals surface area (Å²) in [7, 11) is 0. The molecule has 0 radical (unpaired) electrons. The maximum Gasteiger partial charge on any atom is 0.347 e. The standard InChI is InChI=1S/C19H18N4O3/c24-17(26-13-14-5-2-1-3-6-14)12-22-19(25)23(16-8-9-16)18(21-22)15-7-4-10-20-11-15/h1-7,10-11,16H,8-9,12-13H2. The molecule has 2 heterocycles. The summed E-state index contributed by atoms with van der Waals surface area (Å²) >= 11 is 0. The average Bonchev–Trinajstić information content (AvgIpc) is 3.46. The van der Waals surface area contributed by atoms with Crippen molar-refractivity contribution in [3.8, 4) is 11.4 Å². The predicted octanol–water partition coefficient (Wildman–Crippen LogP) is 2.19. The first kappa shape index (κ1) is 16.3. The molecule has 1 aromatic carbocycles. The summed E-state index contributed by atoms with van der Waals surface area (Å²) in [5, 5.41) is 4.36. The summed E-state index contributed by atoms with van der Waals surface area (Å²) in [6.07, 6.45) is 5.22. The molecule has 2 aromatic heterocycles. The van der Waals surface area contributed by atoms with Gasteiger partial charge in [0.25, 0.3) is 0 Å². The van der Waals surface area contributed by atoms with Crippen LogP contribution in [0.3, 0.4) is 0 Å². The van der Waals surface area contributed by atoms with Crippen LogP contribution >= 0.6 is 0 Å². The number of aromatic nitrogens is 4. The molecule has 26 heavy (non-hydrogen) atoms. The van der Waals surface area contributed by atoms with E-state index in [-0.39, 0.29) is 24.9 Å². The first-order valence-corrected chi connectivity index (χ1v) is 8.51. The quantitative estimate of drug-likeness (QED) is 0.637. The normalized spacial score (nSPS) is 13.5. The van der Waals surface area contributed by atoms with Crippen LogP contribution in [0.5, 0.6) is 0 Å². The van der Waals surface area contributed by atoms with Crippen molar-refractivity contribution in [2.45, 2.75) is 32.0 Å². The summed E-state index contributed by atoms with van der Waals surface area (Å²) in [5.41, 5.74) is 1.36. The maximum atomic E-state index is 12.7. The lowest BCUT2D eigenvalue weighted by molar-refractivity contribution is -0.146. The highest BCUT2D eigenvalue weighted by atomic mass is 16.5. The second-order valence-corrected chi connectivity index (χ2v) is 6.25. The molecule has 0 bridgehead atoms. The highest BCUT2D eigenvalue weighted by Crippen LogP contribution is 2.36. The Labute approximate surface area is 149 Å². The highest BCUT2D eigenvalue weighted by Gasteiger charge is 2.30. The second kappa shape index (κ2) is 6.95. The van der Waals surface area contributed by atoms with Crippen LogP contribution in [-0.4, -0.2) is 25.3 Å². The third-order valence-corrected chi connectivity index (χ3v) is 4.22. The van der Waals surface area contributed by atoms with Gasteiger partial charge in [0.15, 0.2) is 5.82 Å². The fourth-order valence-electron chi connectivity index (χ4n) is 2.78. The highest BCUT2D eigenvalue weighted by molar-refractivity contribution is 5.69. The minimum atomic E-state index is -0.492. The Morgan fingerprint density at radius 1 is 1.15 bits per heavy atom. The van der Waals surface area contributed by atoms with Gasteiger partial charge >= 0.3 is 11.7 Å². The van der Waals surface area contributed by atoms with Crippen LogP contribution < -0.4 is 5.69 Å². The lowest BCUT2D eigenvalue weighted by Crippen LogP contribution is -2.28.